The number of ether oxygens (including phenoxy) is 3. The van der Waals surface area contributed by atoms with Crippen molar-refractivity contribution in [2.24, 2.45) is 0 Å². The number of methoxy groups -OCH3 is 2. The van der Waals surface area contributed by atoms with Crippen LogP contribution in [0.3, 0.4) is 0 Å². The van der Waals surface area contributed by atoms with Crippen molar-refractivity contribution in [3.05, 3.63) is 51.3 Å². The normalized spacial score (nSPS) is 12.4. The number of hydrogen-bond donors (Lipinski definition) is 0. The van der Waals surface area contributed by atoms with Gasteiger partial charge in [-0.05, 0) is 63.4 Å². The largest absolute Gasteiger partial charge is 0.467 e. The van der Waals surface area contributed by atoms with Crippen LogP contribution in [0.1, 0.15) is 54.2 Å². The van der Waals surface area contributed by atoms with E-state index in [0.717, 1.165) is 10.0 Å². The minimum Gasteiger partial charge on any atom is -0.467 e. The molecule has 0 aliphatic carbocycles. The molecular weight excluding hydrogens is 438 g/mol. The maximum absolute atomic E-state index is 12.7. The smallest absolute Gasteiger partial charge is 0.356 e. The summed E-state index contributed by atoms with van der Waals surface area (Å²) < 4.78 is 16.9. The summed E-state index contributed by atoms with van der Waals surface area (Å²) in [5.74, 6) is -1.07. The van der Waals surface area contributed by atoms with Gasteiger partial charge in [-0.3, -0.25) is 0 Å². The second kappa shape index (κ2) is 9.05. The number of pyridine rings is 1. The molecule has 0 N–H and O–H groups in total. The molecule has 1 heterocycles. The number of esters is 2. The van der Waals surface area contributed by atoms with Crippen LogP contribution in [0.15, 0.2) is 28.7 Å². The van der Waals surface area contributed by atoms with E-state index in [2.05, 4.69) is 20.9 Å². The summed E-state index contributed by atoms with van der Waals surface area (Å²) in [6, 6.07) is 7.59. The Morgan fingerprint density at radius 2 is 1.62 bits per heavy atom. The van der Waals surface area contributed by atoms with Crippen LogP contribution in [0.5, 0.6) is 0 Å². The molecule has 1 aromatic heterocycles. The van der Waals surface area contributed by atoms with Crippen LogP contribution < -0.4 is 0 Å². The third-order valence-electron chi connectivity index (χ3n) is 4.33. The highest BCUT2D eigenvalue weighted by molar-refractivity contribution is 9.10. The monoisotopic (exact) mass is 463 g/mol. The van der Waals surface area contributed by atoms with Gasteiger partial charge in [0.25, 0.3) is 0 Å². The summed E-state index contributed by atoms with van der Waals surface area (Å²) in [5, 5.41) is 0. The van der Waals surface area contributed by atoms with Gasteiger partial charge in [0.15, 0.2) is 11.8 Å². The number of carbonyl (C=O) groups excluding carboxylic acids is 2. The first-order valence-corrected chi connectivity index (χ1v) is 9.90. The lowest BCUT2D eigenvalue weighted by Crippen LogP contribution is -2.30. The topological polar surface area (TPSA) is 74.7 Å². The molecule has 1 unspecified atom stereocenters. The van der Waals surface area contributed by atoms with Crippen molar-refractivity contribution in [2.45, 2.75) is 46.3 Å². The van der Waals surface area contributed by atoms with Gasteiger partial charge >= 0.3 is 11.9 Å². The van der Waals surface area contributed by atoms with Crippen LogP contribution in [0.4, 0.5) is 0 Å². The predicted octanol–water partition coefficient (Wildman–Crippen LogP) is 4.94. The number of rotatable bonds is 5. The van der Waals surface area contributed by atoms with Gasteiger partial charge in [-0.15, -0.1) is 0 Å². The summed E-state index contributed by atoms with van der Waals surface area (Å²) in [6.45, 7) is 9.11. The van der Waals surface area contributed by atoms with E-state index in [-0.39, 0.29) is 5.69 Å². The summed E-state index contributed by atoms with van der Waals surface area (Å²) in [5.41, 5.74) is 2.77. The Labute approximate surface area is 179 Å². The first-order chi connectivity index (χ1) is 13.5. The highest BCUT2D eigenvalue weighted by atomic mass is 79.9. The van der Waals surface area contributed by atoms with Crippen molar-refractivity contribution >= 4 is 27.9 Å². The standard InChI is InChI=1S/C22H26BrNO5/c1-12-16(14-8-10-15(23)11-9-14)17(13(2)24-18(12)20(25)27-6)19(21(26)28-7)29-22(3,4)5/h8-11,19H,1-7H3. The molecule has 156 valence electrons. The first-order valence-electron chi connectivity index (χ1n) is 9.11. The molecule has 0 aliphatic rings. The SMILES string of the molecule is COC(=O)c1nc(C)c(C(OC(C)(C)C)C(=O)OC)c(-c2ccc(Br)cc2)c1C. The van der Waals surface area contributed by atoms with Crippen LogP contribution >= 0.6 is 15.9 Å². The van der Waals surface area contributed by atoms with E-state index in [1.54, 1.807) is 13.8 Å². The Bertz CT molecular complexity index is 916. The Kier molecular flexibility index (Phi) is 7.19. The maximum Gasteiger partial charge on any atom is 0.356 e. The molecule has 0 bridgehead atoms. The third kappa shape index (κ3) is 5.22. The molecule has 7 heteroatoms. The summed E-state index contributed by atoms with van der Waals surface area (Å²) in [4.78, 5) is 29.4. The fourth-order valence-electron chi connectivity index (χ4n) is 3.10. The van der Waals surface area contributed by atoms with Crippen LogP contribution in [-0.2, 0) is 19.0 Å². The molecule has 0 amide bonds. The molecule has 2 rings (SSSR count). The van der Waals surface area contributed by atoms with E-state index in [1.807, 2.05) is 45.0 Å². The minimum atomic E-state index is -1.00. The van der Waals surface area contributed by atoms with Gasteiger partial charge in [0.1, 0.15) is 0 Å². The summed E-state index contributed by atoms with van der Waals surface area (Å²) in [7, 11) is 2.63. The summed E-state index contributed by atoms with van der Waals surface area (Å²) >= 11 is 3.44. The van der Waals surface area contributed by atoms with Gasteiger partial charge in [0.2, 0.25) is 0 Å². The van der Waals surface area contributed by atoms with E-state index in [0.29, 0.717) is 22.4 Å². The van der Waals surface area contributed by atoms with Crippen molar-refractivity contribution in [1.29, 1.82) is 0 Å². The van der Waals surface area contributed by atoms with Crippen molar-refractivity contribution in [3.8, 4) is 11.1 Å². The van der Waals surface area contributed by atoms with Crippen molar-refractivity contribution in [2.75, 3.05) is 14.2 Å². The Hall–Kier alpha value is -2.25. The first kappa shape index (κ1) is 23.0. The van der Waals surface area contributed by atoms with E-state index in [1.165, 1.54) is 14.2 Å². The molecule has 0 fully saturated rings. The Morgan fingerprint density at radius 1 is 1.03 bits per heavy atom. The van der Waals surface area contributed by atoms with Gasteiger partial charge in [-0.25, -0.2) is 14.6 Å². The molecule has 2 aromatic rings. The highest BCUT2D eigenvalue weighted by Gasteiger charge is 2.34. The number of hydrogen-bond acceptors (Lipinski definition) is 6. The molecule has 0 saturated heterocycles. The lowest BCUT2D eigenvalue weighted by molar-refractivity contribution is -0.164. The number of aryl methyl sites for hydroxylation is 1. The fourth-order valence-corrected chi connectivity index (χ4v) is 3.37. The number of benzene rings is 1. The number of aromatic nitrogens is 1. The minimum absolute atomic E-state index is 0.200. The van der Waals surface area contributed by atoms with Crippen LogP contribution in [0.25, 0.3) is 11.1 Å². The van der Waals surface area contributed by atoms with Gasteiger partial charge < -0.3 is 14.2 Å². The molecule has 0 radical (unpaired) electrons. The number of carbonyl (C=O) groups is 2. The molecule has 0 saturated carbocycles. The van der Waals surface area contributed by atoms with Gasteiger partial charge in [-0.2, -0.15) is 0 Å². The van der Waals surface area contributed by atoms with Gasteiger partial charge in [0, 0.05) is 15.7 Å². The second-order valence-electron chi connectivity index (χ2n) is 7.59. The second-order valence-corrected chi connectivity index (χ2v) is 8.51. The molecule has 29 heavy (non-hydrogen) atoms. The molecule has 0 aliphatic heterocycles. The van der Waals surface area contributed by atoms with Crippen molar-refractivity contribution in [3.63, 3.8) is 0 Å². The summed E-state index contributed by atoms with van der Waals surface area (Å²) in [6.07, 6.45) is -1.00. The zero-order valence-electron chi connectivity index (χ0n) is 17.8. The van der Waals surface area contributed by atoms with E-state index in [4.69, 9.17) is 14.2 Å². The van der Waals surface area contributed by atoms with Gasteiger partial charge in [-0.1, -0.05) is 28.1 Å². The molecule has 0 spiro atoms. The van der Waals surface area contributed by atoms with Crippen LogP contribution in [-0.4, -0.2) is 36.7 Å². The fraction of sp³-hybridized carbons (Fsp3) is 0.409. The molecular formula is C22H26BrNO5. The van der Waals surface area contributed by atoms with Crippen LogP contribution in [0.2, 0.25) is 0 Å². The van der Waals surface area contributed by atoms with Crippen molar-refractivity contribution < 1.29 is 23.8 Å². The quantitative estimate of drug-likeness (QED) is 0.584. The highest BCUT2D eigenvalue weighted by Crippen LogP contribution is 2.38. The average Bonchev–Trinajstić information content (AvgIpc) is 2.66. The number of nitrogens with zero attached hydrogens (tertiary/aromatic N) is 1. The lowest BCUT2D eigenvalue weighted by Gasteiger charge is -2.29. The van der Waals surface area contributed by atoms with E-state index in [9.17, 15) is 9.59 Å². The zero-order chi connectivity index (χ0) is 21.9. The Balaban J connectivity index is 2.88. The van der Waals surface area contributed by atoms with E-state index >= 15 is 0 Å². The average molecular weight is 464 g/mol. The molecule has 6 nitrogen and oxygen atoms in total. The lowest BCUT2D eigenvalue weighted by atomic mass is 9.90. The van der Waals surface area contributed by atoms with Crippen molar-refractivity contribution in [1.82, 2.24) is 4.98 Å². The molecule has 1 atom stereocenters. The molecule has 1 aromatic carbocycles. The Morgan fingerprint density at radius 3 is 2.10 bits per heavy atom. The maximum atomic E-state index is 12.7. The predicted molar refractivity (Wildman–Crippen MR) is 114 cm³/mol. The third-order valence-corrected chi connectivity index (χ3v) is 4.86. The van der Waals surface area contributed by atoms with E-state index < -0.39 is 23.6 Å². The zero-order valence-corrected chi connectivity index (χ0v) is 19.3. The van der Waals surface area contributed by atoms with Gasteiger partial charge in [0.05, 0.1) is 19.8 Å². The van der Waals surface area contributed by atoms with Crippen LogP contribution in [0, 0.1) is 13.8 Å². The number of halogens is 1.